The van der Waals surface area contributed by atoms with E-state index in [-0.39, 0.29) is 11.9 Å². The Balaban J connectivity index is 1.58. The van der Waals surface area contributed by atoms with Gasteiger partial charge in [0.25, 0.3) is 5.91 Å². The second kappa shape index (κ2) is 8.54. The minimum absolute atomic E-state index is 0.132. The molecule has 4 heteroatoms. The maximum atomic E-state index is 12.7. The molecule has 1 saturated heterocycles. The first-order valence-electron chi connectivity index (χ1n) is 8.95. The van der Waals surface area contributed by atoms with Crippen molar-refractivity contribution in [3.8, 4) is 0 Å². The molecule has 3 rings (SSSR count). The summed E-state index contributed by atoms with van der Waals surface area (Å²) in [7, 11) is 0. The molecule has 1 heterocycles. The van der Waals surface area contributed by atoms with Crippen LogP contribution in [-0.2, 0) is 5.75 Å². The Morgan fingerprint density at radius 2 is 1.92 bits per heavy atom. The number of hydrogen-bond donors (Lipinski definition) is 1. The molecular formula is C21H26N2OS. The fourth-order valence-corrected chi connectivity index (χ4v) is 4.11. The van der Waals surface area contributed by atoms with Crippen LogP contribution in [0.1, 0.15) is 35.7 Å². The van der Waals surface area contributed by atoms with Gasteiger partial charge in [-0.3, -0.25) is 4.79 Å². The number of amides is 1. The average Bonchev–Trinajstić information content (AvgIpc) is 2.67. The van der Waals surface area contributed by atoms with Crippen molar-refractivity contribution in [1.29, 1.82) is 0 Å². The lowest BCUT2D eigenvalue weighted by Gasteiger charge is -2.34. The van der Waals surface area contributed by atoms with Crippen molar-refractivity contribution in [2.75, 3.05) is 13.1 Å². The summed E-state index contributed by atoms with van der Waals surface area (Å²) in [5.74, 6) is 1.46. The number of thioether (sulfide) groups is 1. The van der Waals surface area contributed by atoms with Gasteiger partial charge in [-0.25, -0.2) is 0 Å². The molecule has 1 aliphatic rings. The van der Waals surface area contributed by atoms with Gasteiger partial charge >= 0.3 is 0 Å². The van der Waals surface area contributed by atoms with Crippen LogP contribution in [0, 0.1) is 5.92 Å². The van der Waals surface area contributed by atoms with E-state index in [2.05, 4.69) is 36.4 Å². The van der Waals surface area contributed by atoms with E-state index >= 15 is 0 Å². The minimum atomic E-state index is 0.132. The summed E-state index contributed by atoms with van der Waals surface area (Å²) >= 11 is 1.81. The second-order valence-electron chi connectivity index (χ2n) is 6.81. The highest BCUT2D eigenvalue weighted by molar-refractivity contribution is 7.98. The van der Waals surface area contributed by atoms with Crippen LogP contribution in [0.3, 0.4) is 0 Å². The molecule has 2 atom stereocenters. The highest BCUT2D eigenvalue weighted by Crippen LogP contribution is 2.24. The predicted octanol–water partition coefficient (Wildman–Crippen LogP) is 4.18. The molecule has 0 aromatic heterocycles. The number of carbonyl (C=O) groups excluding carboxylic acids is 1. The van der Waals surface area contributed by atoms with E-state index in [1.807, 2.05) is 41.8 Å². The summed E-state index contributed by atoms with van der Waals surface area (Å²) in [5, 5.41) is 0. The Kier molecular flexibility index (Phi) is 6.16. The zero-order chi connectivity index (χ0) is 17.6. The number of nitrogens with two attached hydrogens (primary N) is 1. The van der Waals surface area contributed by atoms with E-state index in [1.165, 1.54) is 10.5 Å². The number of hydrogen-bond acceptors (Lipinski definition) is 3. The van der Waals surface area contributed by atoms with Gasteiger partial charge < -0.3 is 10.6 Å². The van der Waals surface area contributed by atoms with Gasteiger partial charge in [-0.05, 0) is 55.5 Å². The lowest BCUT2D eigenvalue weighted by Crippen LogP contribution is -2.45. The van der Waals surface area contributed by atoms with Crippen molar-refractivity contribution >= 4 is 17.7 Å². The summed E-state index contributed by atoms with van der Waals surface area (Å²) in [5.41, 5.74) is 8.04. The van der Waals surface area contributed by atoms with Crippen molar-refractivity contribution in [3.05, 3.63) is 65.7 Å². The zero-order valence-corrected chi connectivity index (χ0v) is 15.5. The van der Waals surface area contributed by atoms with Crippen LogP contribution in [0.4, 0.5) is 0 Å². The first-order chi connectivity index (χ1) is 12.1. The van der Waals surface area contributed by atoms with Crippen molar-refractivity contribution in [3.63, 3.8) is 0 Å². The zero-order valence-electron chi connectivity index (χ0n) is 14.7. The Bertz CT molecular complexity index is 685. The summed E-state index contributed by atoms with van der Waals surface area (Å²) in [6.45, 7) is 3.66. The third-order valence-corrected chi connectivity index (χ3v) is 5.92. The summed E-state index contributed by atoms with van der Waals surface area (Å²) < 4.78 is 0. The van der Waals surface area contributed by atoms with Crippen LogP contribution in [-0.4, -0.2) is 29.9 Å². The standard InChI is InChI=1S/C21H26N2OS/c1-16(22)19-6-5-13-23(14-19)21(24)18-11-9-17(10-12-18)15-25-20-7-3-2-4-8-20/h2-4,7-12,16,19H,5-6,13-15,22H2,1H3. The van der Waals surface area contributed by atoms with Crippen molar-refractivity contribution in [2.45, 2.75) is 36.5 Å². The molecular weight excluding hydrogens is 328 g/mol. The summed E-state index contributed by atoms with van der Waals surface area (Å²) in [6.07, 6.45) is 2.17. The predicted molar refractivity (Wildman–Crippen MR) is 105 cm³/mol. The van der Waals surface area contributed by atoms with E-state index in [1.54, 1.807) is 0 Å². The molecule has 2 unspecified atom stereocenters. The maximum Gasteiger partial charge on any atom is 0.253 e. The van der Waals surface area contributed by atoms with Crippen molar-refractivity contribution in [2.24, 2.45) is 11.7 Å². The molecule has 0 aliphatic carbocycles. The highest BCUT2D eigenvalue weighted by atomic mass is 32.2. The second-order valence-corrected chi connectivity index (χ2v) is 7.86. The largest absolute Gasteiger partial charge is 0.338 e. The molecule has 2 N–H and O–H groups in total. The molecule has 0 bridgehead atoms. The lowest BCUT2D eigenvalue weighted by molar-refractivity contribution is 0.0661. The third-order valence-electron chi connectivity index (χ3n) is 4.84. The number of piperidine rings is 1. The minimum Gasteiger partial charge on any atom is -0.338 e. The number of likely N-dealkylation sites (tertiary alicyclic amines) is 1. The van der Waals surface area contributed by atoms with Gasteiger partial charge in [-0.2, -0.15) is 0 Å². The number of rotatable bonds is 5. The number of nitrogens with zero attached hydrogens (tertiary/aromatic N) is 1. The lowest BCUT2D eigenvalue weighted by atomic mass is 9.92. The SMILES string of the molecule is CC(N)C1CCCN(C(=O)c2ccc(CSc3ccccc3)cc2)C1. The molecule has 2 aromatic carbocycles. The fourth-order valence-electron chi connectivity index (χ4n) is 3.23. The van der Waals surface area contributed by atoms with Crippen LogP contribution >= 0.6 is 11.8 Å². The van der Waals surface area contributed by atoms with E-state index in [9.17, 15) is 4.79 Å². The molecule has 3 nitrogen and oxygen atoms in total. The quantitative estimate of drug-likeness (QED) is 0.820. The van der Waals surface area contributed by atoms with Crippen molar-refractivity contribution < 1.29 is 4.79 Å². The summed E-state index contributed by atoms with van der Waals surface area (Å²) in [4.78, 5) is 16.0. The first-order valence-corrected chi connectivity index (χ1v) is 9.93. The normalized spacial score (nSPS) is 18.8. The smallest absolute Gasteiger partial charge is 0.253 e. The van der Waals surface area contributed by atoms with E-state index in [4.69, 9.17) is 5.73 Å². The Morgan fingerprint density at radius 1 is 1.20 bits per heavy atom. The molecule has 0 spiro atoms. The van der Waals surface area contributed by atoms with Gasteiger partial charge in [0.1, 0.15) is 0 Å². The van der Waals surface area contributed by atoms with E-state index in [0.717, 1.165) is 37.2 Å². The van der Waals surface area contributed by atoms with Crippen LogP contribution in [0.15, 0.2) is 59.5 Å². The van der Waals surface area contributed by atoms with E-state index in [0.29, 0.717) is 5.92 Å². The molecule has 25 heavy (non-hydrogen) atoms. The molecule has 0 radical (unpaired) electrons. The Morgan fingerprint density at radius 3 is 2.60 bits per heavy atom. The topological polar surface area (TPSA) is 46.3 Å². The van der Waals surface area contributed by atoms with Gasteiger partial charge in [0, 0.05) is 35.3 Å². The molecule has 1 amide bonds. The van der Waals surface area contributed by atoms with Gasteiger partial charge in [0.05, 0.1) is 0 Å². The Hall–Kier alpha value is -1.78. The highest BCUT2D eigenvalue weighted by Gasteiger charge is 2.26. The molecule has 1 aliphatic heterocycles. The molecule has 2 aromatic rings. The molecule has 1 fully saturated rings. The van der Waals surface area contributed by atoms with Gasteiger partial charge in [-0.15, -0.1) is 11.8 Å². The van der Waals surface area contributed by atoms with Gasteiger partial charge in [0.2, 0.25) is 0 Å². The maximum absolute atomic E-state index is 12.7. The Labute approximate surface area is 154 Å². The molecule has 132 valence electrons. The average molecular weight is 355 g/mol. The van der Waals surface area contributed by atoms with Gasteiger partial charge in [-0.1, -0.05) is 30.3 Å². The van der Waals surface area contributed by atoms with Gasteiger partial charge in [0.15, 0.2) is 0 Å². The van der Waals surface area contributed by atoms with E-state index < -0.39 is 0 Å². The summed E-state index contributed by atoms with van der Waals surface area (Å²) in [6, 6.07) is 18.6. The number of benzene rings is 2. The first kappa shape index (κ1) is 18.0. The van der Waals surface area contributed by atoms with Crippen molar-refractivity contribution in [1.82, 2.24) is 4.90 Å². The van der Waals surface area contributed by atoms with Crippen LogP contribution in [0.25, 0.3) is 0 Å². The monoisotopic (exact) mass is 354 g/mol. The fraction of sp³-hybridized carbons (Fsp3) is 0.381. The van der Waals surface area contributed by atoms with Crippen LogP contribution in [0.2, 0.25) is 0 Å². The number of carbonyl (C=O) groups is 1. The third kappa shape index (κ3) is 4.86. The van der Waals surface area contributed by atoms with Crippen LogP contribution in [0.5, 0.6) is 0 Å². The molecule has 0 saturated carbocycles. The van der Waals surface area contributed by atoms with Crippen LogP contribution < -0.4 is 5.73 Å².